The first-order valence-corrected chi connectivity index (χ1v) is 6.18. The lowest BCUT2D eigenvalue weighted by molar-refractivity contribution is 0.348. The zero-order chi connectivity index (χ0) is 14.7. The molecule has 0 bridgehead atoms. The molecule has 0 atom stereocenters. The summed E-state index contributed by atoms with van der Waals surface area (Å²) < 4.78 is 6.55. The lowest BCUT2D eigenvalue weighted by atomic mass is 10.4. The summed E-state index contributed by atoms with van der Waals surface area (Å²) in [5.74, 6) is 1.24. The van der Waals surface area contributed by atoms with E-state index >= 15 is 0 Å². The van der Waals surface area contributed by atoms with Gasteiger partial charge in [0, 0.05) is 30.6 Å². The van der Waals surface area contributed by atoms with Gasteiger partial charge in [0.2, 0.25) is 0 Å². The number of methoxy groups -OCH3 is 1. The molecule has 0 radical (unpaired) electrons. The van der Waals surface area contributed by atoms with Crippen molar-refractivity contribution in [3.05, 3.63) is 39.7 Å². The average molecular weight is 275 g/mol. The first-order valence-electron chi connectivity index (χ1n) is 6.18. The van der Waals surface area contributed by atoms with E-state index in [1.54, 1.807) is 14.0 Å². The molecule has 0 saturated heterocycles. The monoisotopic (exact) mass is 275 g/mol. The Balaban J connectivity index is 2.44. The van der Waals surface area contributed by atoms with Gasteiger partial charge in [-0.3, -0.25) is 9.36 Å². The third kappa shape index (κ3) is 2.93. The van der Waals surface area contributed by atoms with Crippen molar-refractivity contribution in [1.82, 2.24) is 19.5 Å². The predicted octanol–water partition coefficient (Wildman–Crippen LogP) is 0.749. The van der Waals surface area contributed by atoms with Gasteiger partial charge in [-0.25, -0.2) is 15.0 Å². The van der Waals surface area contributed by atoms with E-state index in [1.165, 1.54) is 17.7 Å². The SMILES string of the molecule is CNc1cc(C)nc(Cn2c(OC)nc(C)cc2=O)n1. The highest BCUT2D eigenvalue weighted by molar-refractivity contribution is 5.34. The van der Waals surface area contributed by atoms with E-state index in [4.69, 9.17) is 4.74 Å². The Labute approximate surface area is 116 Å². The van der Waals surface area contributed by atoms with Gasteiger partial charge in [-0.2, -0.15) is 0 Å². The number of aryl methyl sites for hydroxylation is 2. The summed E-state index contributed by atoms with van der Waals surface area (Å²) in [5.41, 5.74) is 1.25. The van der Waals surface area contributed by atoms with Crippen molar-refractivity contribution in [3.8, 4) is 6.01 Å². The molecule has 0 aliphatic heterocycles. The molecule has 2 aromatic heterocycles. The minimum Gasteiger partial charge on any atom is -0.468 e. The maximum atomic E-state index is 12.0. The molecule has 0 amide bonds. The first-order chi connectivity index (χ1) is 9.53. The Morgan fingerprint density at radius 1 is 1.20 bits per heavy atom. The topological polar surface area (TPSA) is 81.9 Å². The number of hydrogen-bond acceptors (Lipinski definition) is 6. The van der Waals surface area contributed by atoms with Gasteiger partial charge in [-0.05, 0) is 13.8 Å². The molecule has 0 spiro atoms. The van der Waals surface area contributed by atoms with Crippen molar-refractivity contribution in [2.45, 2.75) is 20.4 Å². The first kappa shape index (κ1) is 14.0. The zero-order valence-corrected chi connectivity index (χ0v) is 12.0. The molecule has 0 unspecified atom stereocenters. The van der Waals surface area contributed by atoms with E-state index in [0.29, 0.717) is 17.3 Å². The molecule has 106 valence electrons. The minimum atomic E-state index is -0.189. The highest BCUT2D eigenvalue weighted by Crippen LogP contribution is 2.09. The molecule has 1 N–H and O–H groups in total. The van der Waals surface area contributed by atoms with Gasteiger partial charge in [0.1, 0.15) is 5.82 Å². The summed E-state index contributed by atoms with van der Waals surface area (Å²) in [6, 6.07) is 3.54. The van der Waals surface area contributed by atoms with Crippen LogP contribution in [0.25, 0.3) is 0 Å². The molecule has 0 fully saturated rings. The maximum Gasteiger partial charge on any atom is 0.299 e. The van der Waals surface area contributed by atoms with Crippen LogP contribution in [0.1, 0.15) is 17.2 Å². The standard InChI is InChI=1S/C13H17N5O2/c1-8-5-10(14-3)17-11(15-8)7-18-12(19)6-9(2)16-13(18)20-4/h5-6H,7H2,1-4H3,(H,14,15,17). The molecule has 2 heterocycles. The van der Waals surface area contributed by atoms with Crippen LogP contribution >= 0.6 is 0 Å². The third-order valence-corrected chi connectivity index (χ3v) is 2.74. The van der Waals surface area contributed by atoms with Crippen LogP contribution in [0.5, 0.6) is 6.01 Å². The lowest BCUT2D eigenvalue weighted by Crippen LogP contribution is -2.24. The van der Waals surface area contributed by atoms with Crippen molar-refractivity contribution >= 4 is 5.82 Å². The van der Waals surface area contributed by atoms with Crippen molar-refractivity contribution in [3.63, 3.8) is 0 Å². The van der Waals surface area contributed by atoms with Gasteiger partial charge in [-0.15, -0.1) is 0 Å². The Morgan fingerprint density at radius 3 is 2.55 bits per heavy atom. The van der Waals surface area contributed by atoms with Gasteiger partial charge >= 0.3 is 0 Å². The number of nitrogens with one attached hydrogen (secondary N) is 1. The van der Waals surface area contributed by atoms with Crippen LogP contribution in [0.3, 0.4) is 0 Å². The van der Waals surface area contributed by atoms with Crippen molar-refractivity contribution < 1.29 is 4.74 Å². The number of hydrogen-bond donors (Lipinski definition) is 1. The fourth-order valence-electron chi connectivity index (χ4n) is 1.87. The van der Waals surface area contributed by atoms with Crippen molar-refractivity contribution in [2.24, 2.45) is 0 Å². The molecule has 0 aliphatic rings. The van der Waals surface area contributed by atoms with Crippen LogP contribution in [0.2, 0.25) is 0 Å². The van der Waals surface area contributed by atoms with Crippen LogP contribution in [-0.2, 0) is 6.54 Å². The summed E-state index contributed by atoms with van der Waals surface area (Å²) in [7, 11) is 3.26. The quantitative estimate of drug-likeness (QED) is 0.886. The number of anilines is 1. The number of rotatable bonds is 4. The van der Waals surface area contributed by atoms with Crippen LogP contribution < -0.4 is 15.6 Å². The second kappa shape index (κ2) is 5.68. The summed E-state index contributed by atoms with van der Waals surface area (Å²) in [6.45, 7) is 3.83. The lowest BCUT2D eigenvalue weighted by Gasteiger charge is -2.11. The van der Waals surface area contributed by atoms with Crippen molar-refractivity contribution in [2.75, 3.05) is 19.5 Å². The molecule has 2 aromatic rings. The molecule has 20 heavy (non-hydrogen) atoms. The zero-order valence-electron chi connectivity index (χ0n) is 12.0. The van der Waals surface area contributed by atoms with Crippen LogP contribution in [0, 0.1) is 13.8 Å². The number of aromatic nitrogens is 4. The summed E-state index contributed by atoms with van der Waals surface area (Å²) in [5, 5.41) is 2.96. The highest BCUT2D eigenvalue weighted by atomic mass is 16.5. The molecule has 0 aliphatic carbocycles. The molecule has 0 saturated carbocycles. The molecule has 7 nitrogen and oxygen atoms in total. The van der Waals surface area contributed by atoms with E-state index in [-0.39, 0.29) is 18.1 Å². The van der Waals surface area contributed by atoms with Crippen LogP contribution in [0.4, 0.5) is 5.82 Å². The Hall–Kier alpha value is -2.44. The number of nitrogens with zero attached hydrogens (tertiary/aromatic N) is 4. The van der Waals surface area contributed by atoms with Gasteiger partial charge in [0.15, 0.2) is 5.82 Å². The van der Waals surface area contributed by atoms with Crippen molar-refractivity contribution in [1.29, 1.82) is 0 Å². The van der Waals surface area contributed by atoms with E-state index in [9.17, 15) is 4.79 Å². The van der Waals surface area contributed by atoms with Gasteiger partial charge in [0.05, 0.1) is 13.7 Å². The van der Waals surface area contributed by atoms with Gasteiger partial charge < -0.3 is 10.1 Å². The Kier molecular flexibility index (Phi) is 3.97. The minimum absolute atomic E-state index is 0.189. The smallest absolute Gasteiger partial charge is 0.299 e. The highest BCUT2D eigenvalue weighted by Gasteiger charge is 2.10. The normalized spacial score (nSPS) is 10.4. The second-order valence-electron chi connectivity index (χ2n) is 4.37. The molecule has 2 rings (SSSR count). The Bertz CT molecular complexity index is 681. The largest absolute Gasteiger partial charge is 0.468 e. The summed E-state index contributed by atoms with van der Waals surface area (Å²) >= 11 is 0. The summed E-state index contributed by atoms with van der Waals surface area (Å²) in [6.07, 6.45) is 0. The molecular formula is C13H17N5O2. The molecular weight excluding hydrogens is 258 g/mol. The van der Waals surface area contributed by atoms with E-state index in [0.717, 1.165) is 5.69 Å². The van der Waals surface area contributed by atoms with E-state index < -0.39 is 0 Å². The van der Waals surface area contributed by atoms with Gasteiger partial charge in [-0.1, -0.05) is 0 Å². The maximum absolute atomic E-state index is 12.0. The summed E-state index contributed by atoms with van der Waals surface area (Å²) in [4.78, 5) is 24.9. The fraction of sp³-hybridized carbons (Fsp3) is 0.385. The third-order valence-electron chi connectivity index (χ3n) is 2.74. The molecule has 7 heteroatoms. The molecule has 0 aromatic carbocycles. The van der Waals surface area contributed by atoms with Crippen LogP contribution in [-0.4, -0.2) is 33.7 Å². The van der Waals surface area contributed by atoms with E-state index in [2.05, 4.69) is 20.3 Å². The second-order valence-corrected chi connectivity index (χ2v) is 4.37. The van der Waals surface area contributed by atoms with Gasteiger partial charge in [0.25, 0.3) is 11.6 Å². The average Bonchev–Trinajstić information content (AvgIpc) is 2.40. The van der Waals surface area contributed by atoms with Crippen LogP contribution in [0.15, 0.2) is 16.9 Å². The number of ether oxygens (including phenoxy) is 1. The fourth-order valence-corrected chi connectivity index (χ4v) is 1.87. The van der Waals surface area contributed by atoms with E-state index in [1.807, 2.05) is 13.0 Å². The predicted molar refractivity (Wildman–Crippen MR) is 75.2 cm³/mol. The Morgan fingerprint density at radius 2 is 1.90 bits per heavy atom.